The number of carboxylic acid groups (broad SMARTS) is 1. The lowest BCUT2D eigenvalue weighted by molar-refractivity contribution is -0.138. The zero-order valence-corrected chi connectivity index (χ0v) is 12.2. The highest BCUT2D eigenvalue weighted by Gasteiger charge is 2.38. The number of para-hydroxylation sites is 1. The van der Waals surface area contributed by atoms with Crippen molar-refractivity contribution in [2.24, 2.45) is 0 Å². The van der Waals surface area contributed by atoms with Gasteiger partial charge in [0.1, 0.15) is 6.04 Å². The van der Waals surface area contributed by atoms with Crippen LogP contribution < -0.4 is 10.2 Å². The van der Waals surface area contributed by atoms with Crippen LogP contribution in [0.3, 0.4) is 0 Å². The van der Waals surface area contributed by atoms with Crippen LogP contribution >= 0.6 is 0 Å². The number of hydrogen-bond acceptors (Lipinski definition) is 3. The minimum absolute atomic E-state index is 0.0837. The Morgan fingerprint density at radius 3 is 2.86 bits per heavy atom. The lowest BCUT2D eigenvalue weighted by Gasteiger charge is -2.25. The summed E-state index contributed by atoms with van der Waals surface area (Å²) in [5.41, 5.74) is 1.55. The summed E-state index contributed by atoms with van der Waals surface area (Å²) in [6.45, 7) is 2.41. The van der Waals surface area contributed by atoms with Crippen molar-refractivity contribution in [1.82, 2.24) is 5.32 Å². The quantitative estimate of drug-likeness (QED) is 0.864. The van der Waals surface area contributed by atoms with E-state index >= 15 is 0 Å². The van der Waals surface area contributed by atoms with Gasteiger partial charge in [-0.25, -0.2) is 9.59 Å². The predicted octanol–water partition coefficient (Wildman–Crippen LogP) is 1.64. The Balaban J connectivity index is 2.15. The Kier molecular flexibility index (Phi) is 4.80. The van der Waals surface area contributed by atoms with Crippen LogP contribution in [0.2, 0.25) is 0 Å². The number of hydrogen-bond donors (Lipinski definition) is 2. The van der Waals surface area contributed by atoms with Gasteiger partial charge < -0.3 is 15.2 Å². The molecule has 0 aromatic heterocycles. The van der Waals surface area contributed by atoms with E-state index in [2.05, 4.69) is 5.32 Å². The first-order valence-corrected chi connectivity index (χ1v) is 6.94. The molecular formula is C15H20N2O4. The summed E-state index contributed by atoms with van der Waals surface area (Å²) in [5, 5.41) is 12.2. The number of carbonyl (C=O) groups excluding carboxylic acids is 1. The second-order valence-corrected chi connectivity index (χ2v) is 5.19. The fraction of sp³-hybridized carbons (Fsp3) is 0.467. The highest BCUT2D eigenvalue weighted by atomic mass is 16.5. The van der Waals surface area contributed by atoms with Gasteiger partial charge in [-0.05, 0) is 25.0 Å². The van der Waals surface area contributed by atoms with Crippen LogP contribution in [0, 0.1) is 0 Å². The molecule has 0 saturated heterocycles. The number of ether oxygens (including phenoxy) is 1. The first kappa shape index (κ1) is 15.3. The zero-order valence-electron chi connectivity index (χ0n) is 12.2. The molecule has 0 bridgehead atoms. The number of methoxy groups -OCH3 is 1. The summed E-state index contributed by atoms with van der Waals surface area (Å²) in [6.07, 6.45) is 1.01. The number of anilines is 1. The molecule has 1 aromatic rings. The van der Waals surface area contributed by atoms with E-state index in [1.807, 2.05) is 19.1 Å². The van der Waals surface area contributed by atoms with Crippen LogP contribution in [0.5, 0.6) is 0 Å². The van der Waals surface area contributed by atoms with Crippen LogP contribution in [0.1, 0.15) is 18.9 Å². The van der Waals surface area contributed by atoms with E-state index in [4.69, 9.17) is 4.74 Å². The van der Waals surface area contributed by atoms with Gasteiger partial charge in [0.2, 0.25) is 0 Å². The molecule has 21 heavy (non-hydrogen) atoms. The van der Waals surface area contributed by atoms with Crippen molar-refractivity contribution in [3.05, 3.63) is 29.8 Å². The van der Waals surface area contributed by atoms with Crippen LogP contribution in [0.15, 0.2) is 24.3 Å². The highest BCUT2D eigenvalue weighted by molar-refractivity contribution is 6.01. The van der Waals surface area contributed by atoms with Gasteiger partial charge in [-0.15, -0.1) is 0 Å². The summed E-state index contributed by atoms with van der Waals surface area (Å²) in [5.74, 6) is -0.995. The van der Waals surface area contributed by atoms with Crippen molar-refractivity contribution >= 4 is 17.7 Å². The SMILES string of the molecule is COCCC(C)NC(=O)N1c2ccccc2CC1C(=O)O. The van der Waals surface area contributed by atoms with Gasteiger partial charge >= 0.3 is 12.0 Å². The number of urea groups is 1. The van der Waals surface area contributed by atoms with Crippen molar-refractivity contribution in [2.45, 2.75) is 31.8 Å². The molecular weight excluding hydrogens is 272 g/mol. The zero-order chi connectivity index (χ0) is 15.4. The van der Waals surface area contributed by atoms with E-state index in [-0.39, 0.29) is 12.1 Å². The molecule has 6 heteroatoms. The van der Waals surface area contributed by atoms with Crippen molar-refractivity contribution in [2.75, 3.05) is 18.6 Å². The number of rotatable bonds is 5. The highest BCUT2D eigenvalue weighted by Crippen LogP contribution is 2.32. The number of nitrogens with one attached hydrogen (secondary N) is 1. The Morgan fingerprint density at radius 1 is 1.48 bits per heavy atom. The Bertz CT molecular complexity index is 532. The first-order chi connectivity index (χ1) is 10.0. The molecule has 2 unspecified atom stereocenters. The van der Waals surface area contributed by atoms with Crippen molar-refractivity contribution in [1.29, 1.82) is 0 Å². The van der Waals surface area contributed by atoms with E-state index in [0.29, 0.717) is 25.1 Å². The van der Waals surface area contributed by atoms with Crippen LogP contribution in [-0.2, 0) is 16.0 Å². The first-order valence-electron chi connectivity index (χ1n) is 6.94. The summed E-state index contributed by atoms with van der Waals surface area (Å²) < 4.78 is 4.98. The van der Waals surface area contributed by atoms with Gasteiger partial charge in [0.05, 0.1) is 0 Å². The minimum atomic E-state index is -0.995. The van der Waals surface area contributed by atoms with Crippen molar-refractivity contribution < 1.29 is 19.4 Å². The molecule has 1 heterocycles. The standard InChI is InChI=1S/C15H20N2O4/c1-10(7-8-21-2)16-15(20)17-12-6-4-3-5-11(12)9-13(17)14(18)19/h3-6,10,13H,7-9H2,1-2H3,(H,16,20)(H,18,19). The second-order valence-electron chi connectivity index (χ2n) is 5.19. The molecule has 2 rings (SSSR count). The number of carbonyl (C=O) groups is 2. The van der Waals surface area contributed by atoms with Gasteiger partial charge in [-0.2, -0.15) is 0 Å². The third-order valence-electron chi connectivity index (χ3n) is 3.60. The van der Waals surface area contributed by atoms with Crippen molar-refractivity contribution in [3.63, 3.8) is 0 Å². The average Bonchev–Trinajstić information content (AvgIpc) is 2.84. The van der Waals surface area contributed by atoms with Gasteiger partial charge in [-0.1, -0.05) is 18.2 Å². The summed E-state index contributed by atoms with van der Waals surface area (Å²) >= 11 is 0. The summed E-state index contributed by atoms with van der Waals surface area (Å²) in [6, 6.07) is 5.97. The van der Waals surface area contributed by atoms with E-state index in [1.165, 1.54) is 4.90 Å². The average molecular weight is 292 g/mol. The van der Waals surface area contributed by atoms with Crippen LogP contribution in [0.25, 0.3) is 0 Å². The predicted molar refractivity (Wildman–Crippen MR) is 78.5 cm³/mol. The van der Waals surface area contributed by atoms with E-state index in [1.54, 1.807) is 19.2 Å². The van der Waals surface area contributed by atoms with Crippen LogP contribution in [0.4, 0.5) is 10.5 Å². The molecule has 1 aliphatic heterocycles. The number of nitrogens with zero attached hydrogens (tertiary/aromatic N) is 1. The van der Waals surface area contributed by atoms with E-state index < -0.39 is 12.0 Å². The molecule has 0 spiro atoms. The molecule has 1 aromatic carbocycles. The number of fused-ring (bicyclic) bond motifs is 1. The maximum atomic E-state index is 12.4. The maximum absolute atomic E-state index is 12.4. The summed E-state index contributed by atoms with van der Waals surface area (Å²) in [4.78, 5) is 25.1. The van der Waals surface area contributed by atoms with E-state index in [9.17, 15) is 14.7 Å². The second kappa shape index (κ2) is 6.58. The largest absolute Gasteiger partial charge is 0.480 e. The minimum Gasteiger partial charge on any atom is -0.480 e. The Hall–Kier alpha value is -2.08. The van der Waals surface area contributed by atoms with E-state index in [0.717, 1.165) is 5.56 Å². The molecule has 2 amide bonds. The summed E-state index contributed by atoms with van der Waals surface area (Å²) in [7, 11) is 1.60. The number of benzene rings is 1. The fourth-order valence-corrected chi connectivity index (χ4v) is 2.48. The Morgan fingerprint density at radius 2 is 2.19 bits per heavy atom. The number of carboxylic acids is 1. The monoisotopic (exact) mass is 292 g/mol. The number of aliphatic carboxylic acids is 1. The van der Waals surface area contributed by atoms with Gasteiger partial charge in [-0.3, -0.25) is 4.90 Å². The van der Waals surface area contributed by atoms with Crippen molar-refractivity contribution in [3.8, 4) is 0 Å². The smallest absolute Gasteiger partial charge is 0.327 e. The van der Waals surface area contributed by atoms with Gasteiger partial charge in [0.15, 0.2) is 0 Å². The molecule has 2 N–H and O–H groups in total. The Labute approximate surface area is 123 Å². The molecule has 1 aliphatic rings. The topological polar surface area (TPSA) is 78.9 Å². The molecule has 0 aliphatic carbocycles. The third kappa shape index (κ3) is 3.33. The normalized spacial score (nSPS) is 18.2. The van der Waals surface area contributed by atoms with Gasteiger partial charge in [0.25, 0.3) is 0 Å². The fourth-order valence-electron chi connectivity index (χ4n) is 2.48. The van der Waals surface area contributed by atoms with Gasteiger partial charge in [0, 0.05) is 31.9 Å². The number of amides is 2. The molecule has 0 fully saturated rings. The lowest BCUT2D eigenvalue weighted by atomic mass is 10.1. The molecule has 2 atom stereocenters. The molecule has 114 valence electrons. The molecule has 6 nitrogen and oxygen atoms in total. The van der Waals surface area contributed by atoms with Crippen LogP contribution in [-0.4, -0.2) is 42.9 Å². The lowest BCUT2D eigenvalue weighted by Crippen LogP contribution is -2.50. The third-order valence-corrected chi connectivity index (χ3v) is 3.60. The molecule has 0 radical (unpaired) electrons. The maximum Gasteiger partial charge on any atom is 0.327 e. The molecule has 0 saturated carbocycles.